The highest BCUT2D eigenvalue weighted by atomic mass is 79.9. The number of aromatic nitrogens is 1. The lowest BCUT2D eigenvalue weighted by atomic mass is 10.3. The van der Waals surface area contributed by atoms with Crippen molar-refractivity contribution in [2.24, 2.45) is 0 Å². The van der Waals surface area contributed by atoms with Crippen LogP contribution in [0.4, 0.5) is 0 Å². The van der Waals surface area contributed by atoms with Gasteiger partial charge in [-0.25, -0.2) is 0 Å². The number of hydrogen-bond donors (Lipinski definition) is 1. The maximum atomic E-state index is 4.32. The van der Waals surface area contributed by atoms with Crippen LogP contribution in [0.2, 0.25) is 0 Å². The average molecular weight is 334 g/mol. The van der Waals surface area contributed by atoms with Crippen molar-refractivity contribution in [3.05, 3.63) is 38.6 Å². The predicted molar refractivity (Wildman–Crippen MR) is 70.8 cm³/mol. The van der Waals surface area contributed by atoms with Crippen molar-refractivity contribution in [2.75, 3.05) is 6.54 Å². The third-order valence-electron chi connectivity index (χ3n) is 1.83. The van der Waals surface area contributed by atoms with Gasteiger partial charge in [-0.3, -0.25) is 4.98 Å². The normalized spacial score (nSPS) is 10.1. The molecule has 0 aromatic carbocycles. The van der Waals surface area contributed by atoms with Crippen molar-refractivity contribution in [1.29, 1.82) is 0 Å². The van der Waals surface area contributed by atoms with E-state index < -0.39 is 0 Å². The number of hydrogen-bond acceptors (Lipinski definition) is 2. The summed E-state index contributed by atoms with van der Waals surface area (Å²) in [5.74, 6) is 0. The molecule has 1 aromatic rings. The minimum atomic E-state index is 0.775. The summed E-state index contributed by atoms with van der Waals surface area (Å²) < 4.78 is 2.02. The van der Waals surface area contributed by atoms with Crippen LogP contribution in [0.1, 0.15) is 19.5 Å². The summed E-state index contributed by atoms with van der Waals surface area (Å²) in [6, 6.07) is 2.00. The number of nitrogens with zero attached hydrogens (tertiary/aromatic N) is 1. The van der Waals surface area contributed by atoms with Crippen LogP contribution >= 0.6 is 31.9 Å². The molecule has 82 valence electrons. The molecule has 0 aliphatic carbocycles. The molecule has 1 heterocycles. The fourth-order valence-corrected chi connectivity index (χ4v) is 2.17. The molecule has 0 aliphatic heterocycles. The van der Waals surface area contributed by atoms with Gasteiger partial charge in [-0.1, -0.05) is 11.6 Å². The van der Waals surface area contributed by atoms with Gasteiger partial charge in [0.25, 0.3) is 0 Å². The number of halogens is 2. The molecular formula is C11H14Br2N2. The Balaban J connectivity index is 2.47. The van der Waals surface area contributed by atoms with E-state index in [4.69, 9.17) is 0 Å². The molecule has 2 nitrogen and oxygen atoms in total. The molecule has 0 amide bonds. The summed E-state index contributed by atoms with van der Waals surface area (Å²) in [6.45, 7) is 5.84. The van der Waals surface area contributed by atoms with E-state index in [0.717, 1.165) is 27.7 Å². The van der Waals surface area contributed by atoms with Crippen LogP contribution in [0.3, 0.4) is 0 Å². The van der Waals surface area contributed by atoms with Crippen molar-refractivity contribution in [3.8, 4) is 0 Å². The zero-order valence-corrected chi connectivity index (χ0v) is 12.0. The molecule has 0 aliphatic rings. The van der Waals surface area contributed by atoms with Crippen LogP contribution in [0.25, 0.3) is 0 Å². The summed E-state index contributed by atoms with van der Waals surface area (Å²) in [4.78, 5) is 4.32. The lowest BCUT2D eigenvalue weighted by Gasteiger charge is -2.04. The van der Waals surface area contributed by atoms with Gasteiger partial charge in [-0.05, 0) is 51.8 Å². The first-order valence-corrected chi connectivity index (χ1v) is 6.32. The second-order valence-electron chi connectivity index (χ2n) is 3.49. The van der Waals surface area contributed by atoms with E-state index in [9.17, 15) is 0 Å². The van der Waals surface area contributed by atoms with Gasteiger partial charge in [-0.2, -0.15) is 0 Å². The Morgan fingerprint density at radius 3 is 2.80 bits per heavy atom. The Morgan fingerprint density at radius 1 is 1.47 bits per heavy atom. The fraction of sp³-hybridized carbons (Fsp3) is 0.364. The Kier molecular flexibility index (Phi) is 5.50. The highest BCUT2D eigenvalue weighted by Gasteiger charge is 2.00. The van der Waals surface area contributed by atoms with E-state index in [2.05, 4.69) is 62.1 Å². The molecule has 0 fully saturated rings. The SMILES string of the molecule is CC(C)=CCNCc1ncc(Br)cc1Br. The lowest BCUT2D eigenvalue weighted by Crippen LogP contribution is -2.14. The van der Waals surface area contributed by atoms with Gasteiger partial charge in [0.05, 0.1) is 5.69 Å². The third-order valence-corrected chi connectivity index (χ3v) is 2.95. The van der Waals surface area contributed by atoms with Crippen LogP contribution in [-0.4, -0.2) is 11.5 Å². The van der Waals surface area contributed by atoms with Crippen LogP contribution in [0.15, 0.2) is 32.9 Å². The highest BCUT2D eigenvalue weighted by molar-refractivity contribution is 9.11. The number of pyridine rings is 1. The second kappa shape index (κ2) is 6.40. The molecule has 0 saturated heterocycles. The van der Waals surface area contributed by atoms with Gasteiger partial charge < -0.3 is 5.32 Å². The van der Waals surface area contributed by atoms with Crippen LogP contribution in [0, 0.1) is 0 Å². The predicted octanol–water partition coefficient (Wildman–Crippen LogP) is 3.66. The molecule has 1 rings (SSSR count). The second-order valence-corrected chi connectivity index (χ2v) is 5.26. The largest absolute Gasteiger partial charge is 0.308 e. The molecule has 0 unspecified atom stereocenters. The van der Waals surface area contributed by atoms with E-state index in [1.54, 1.807) is 0 Å². The monoisotopic (exact) mass is 332 g/mol. The van der Waals surface area contributed by atoms with Gasteiger partial charge in [0, 0.05) is 28.2 Å². The van der Waals surface area contributed by atoms with Crippen LogP contribution in [-0.2, 0) is 6.54 Å². The van der Waals surface area contributed by atoms with Crippen molar-refractivity contribution >= 4 is 31.9 Å². The van der Waals surface area contributed by atoms with Gasteiger partial charge in [0.2, 0.25) is 0 Å². The highest BCUT2D eigenvalue weighted by Crippen LogP contribution is 2.19. The topological polar surface area (TPSA) is 24.9 Å². The fourth-order valence-electron chi connectivity index (χ4n) is 1.04. The first kappa shape index (κ1) is 12.9. The Morgan fingerprint density at radius 2 is 2.20 bits per heavy atom. The Labute approximate surface area is 107 Å². The van der Waals surface area contributed by atoms with E-state index in [1.165, 1.54) is 5.57 Å². The summed E-state index contributed by atoms with van der Waals surface area (Å²) in [5.41, 5.74) is 2.35. The molecule has 0 saturated carbocycles. The molecule has 0 radical (unpaired) electrons. The molecule has 0 bridgehead atoms. The minimum absolute atomic E-state index is 0.775. The van der Waals surface area contributed by atoms with E-state index in [-0.39, 0.29) is 0 Å². The quantitative estimate of drug-likeness (QED) is 0.671. The van der Waals surface area contributed by atoms with E-state index in [0.29, 0.717) is 0 Å². The van der Waals surface area contributed by atoms with E-state index >= 15 is 0 Å². The molecule has 1 N–H and O–H groups in total. The molecule has 4 heteroatoms. The molecule has 0 atom stereocenters. The zero-order chi connectivity index (χ0) is 11.3. The minimum Gasteiger partial charge on any atom is -0.308 e. The number of nitrogens with one attached hydrogen (secondary N) is 1. The summed E-state index contributed by atoms with van der Waals surface area (Å²) in [7, 11) is 0. The van der Waals surface area contributed by atoms with Gasteiger partial charge in [-0.15, -0.1) is 0 Å². The summed E-state index contributed by atoms with van der Waals surface area (Å²) in [5, 5.41) is 3.31. The maximum Gasteiger partial charge on any atom is 0.0684 e. The Hall–Kier alpha value is -0.190. The number of rotatable bonds is 4. The first-order valence-electron chi connectivity index (χ1n) is 4.73. The zero-order valence-electron chi connectivity index (χ0n) is 8.85. The third kappa shape index (κ3) is 4.91. The standard InChI is InChI=1S/C11H14Br2N2/c1-8(2)3-4-14-7-11-10(13)5-9(12)6-15-11/h3,5-6,14H,4,7H2,1-2H3. The van der Waals surface area contributed by atoms with Gasteiger partial charge >= 0.3 is 0 Å². The van der Waals surface area contributed by atoms with Gasteiger partial charge in [0.15, 0.2) is 0 Å². The van der Waals surface area contributed by atoms with Gasteiger partial charge in [0.1, 0.15) is 0 Å². The summed E-state index contributed by atoms with van der Waals surface area (Å²) in [6.07, 6.45) is 3.97. The van der Waals surface area contributed by atoms with E-state index in [1.807, 2.05) is 12.3 Å². The van der Waals surface area contributed by atoms with Crippen molar-refractivity contribution in [1.82, 2.24) is 10.3 Å². The lowest BCUT2D eigenvalue weighted by molar-refractivity contribution is 0.734. The maximum absolute atomic E-state index is 4.32. The van der Waals surface area contributed by atoms with Crippen molar-refractivity contribution in [2.45, 2.75) is 20.4 Å². The smallest absolute Gasteiger partial charge is 0.0684 e. The average Bonchev–Trinajstić information content (AvgIpc) is 2.14. The summed E-state index contributed by atoms with van der Waals surface area (Å²) >= 11 is 6.85. The molecular weight excluding hydrogens is 320 g/mol. The molecule has 0 spiro atoms. The van der Waals surface area contributed by atoms with Crippen LogP contribution < -0.4 is 5.32 Å². The first-order chi connectivity index (χ1) is 7.09. The Bertz CT molecular complexity index is 358. The molecule has 1 aromatic heterocycles. The number of allylic oxidation sites excluding steroid dienone is 1. The van der Waals surface area contributed by atoms with Crippen molar-refractivity contribution < 1.29 is 0 Å². The van der Waals surface area contributed by atoms with Crippen molar-refractivity contribution in [3.63, 3.8) is 0 Å². The van der Waals surface area contributed by atoms with Crippen LogP contribution in [0.5, 0.6) is 0 Å². The molecule has 15 heavy (non-hydrogen) atoms.